The lowest BCUT2D eigenvalue weighted by atomic mass is 9.92. The van der Waals surface area contributed by atoms with Crippen LogP contribution in [0.15, 0.2) is 24.3 Å². The number of amides is 1. The van der Waals surface area contributed by atoms with Gasteiger partial charge in [0, 0.05) is 43.7 Å². The highest BCUT2D eigenvalue weighted by Gasteiger charge is 2.33. The van der Waals surface area contributed by atoms with E-state index in [4.69, 9.17) is 15.5 Å². The summed E-state index contributed by atoms with van der Waals surface area (Å²) in [6.07, 6.45) is 6.69. The highest BCUT2D eigenvalue weighted by molar-refractivity contribution is 6.02. The van der Waals surface area contributed by atoms with Gasteiger partial charge in [0.15, 0.2) is 0 Å². The number of hydrogen-bond acceptors (Lipinski definition) is 6. The summed E-state index contributed by atoms with van der Waals surface area (Å²) in [6, 6.07) is 6.99. The van der Waals surface area contributed by atoms with Gasteiger partial charge in [-0.25, -0.2) is 9.37 Å². The van der Waals surface area contributed by atoms with Gasteiger partial charge < -0.3 is 26.0 Å². The molecular weight excluding hydrogens is 409 g/mol. The van der Waals surface area contributed by atoms with E-state index in [1.165, 1.54) is 44.2 Å². The Hall–Kier alpha value is -2.29. The molecule has 1 aromatic carbocycles. The van der Waals surface area contributed by atoms with Crippen molar-refractivity contribution in [2.24, 2.45) is 5.73 Å². The number of carbonyl (C=O) groups excluding carboxylic acids is 1. The van der Waals surface area contributed by atoms with Gasteiger partial charge in [-0.05, 0) is 44.4 Å². The largest absolute Gasteiger partial charge is 0.378 e. The number of fused-ring (bicyclic) bond motifs is 1. The monoisotopic (exact) mass is 443 g/mol. The molecule has 174 valence electrons. The lowest BCUT2D eigenvalue weighted by Gasteiger charge is -2.41. The summed E-state index contributed by atoms with van der Waals surface area (Å²) in [5.41, 5.74) is 6.76. The van der Waals surface area contributed by atoms with Crippen molar-refractivity contribution in [3.63, 3.8) is 0 Å². The number of anilines is 1. The highest BCUT2D eigenvalue weighted by Crippen LogP contribution is 2.28. The molecule has 0 bridgehead atoms. The molecule has 1 aliphatic heterocycles. The van der Waals surface area contributed by atoms with Gasteiger partial charge in [0.25, 0.3) is 5.91 Å². The fourth-order valence-electron chi connectivity index (χ4n) is 4.93. The first kappa shape index (κ1) is 22.9. The van der Waals surface area contributed by atoms with E-state index in [2.05, 4.69) is 15.5 Å². The predicted octanol–water partition coefficient (Wildman–Crippen LogP) is 2.92. The van der Waals surface area contributed by atoms with Gasteiger partial charge in [-0.1, -0.05) is 19.3 Å². The highest BCUT2D eigenvalue weighted by atomic mass is 19.1. The zero-order chi connectivity index (χ0) is 22.7. The van der Waals surface area contributed by atoms with Crippen LogP contribution >= 0.6 is 0 Å². The number of methoxy groups -OCH3 is 1. The predicted molar refractivity (Wildman–Crippen MR) is 124 cm³/mol. The van der Waals surface area contributed by atoms with Crippen LogP contribution in [0.2, 0.25) is 0 Å². The normalized spacial score (nSPS) is 23.3. The topological polar surface area (TPSA) is 92.5 Å². The van der Waals surface area contributed by atoms with Crippen molar-refractivity contribution in [3.05, 3.63) is 35.6 Å². The molecule has 0 radical (unpaired) electrons. The first-order chi connectivity index (χ1) is 15.4. The molecule has 2 unspecified atom stereocenters. The van der Waals surface area contributed by atoms with Crippen LogP contribution in [0.3, 0.4) is 0 Å². The number of ether oxygens (including phenoxy) is 1. The Morgan fingerprint density at radius 1 is 1.25 bits per heavy atom. The summed E-state index contributed by atoms with van der Waals surface area (Å²) in [4.78, 5) is 19.7. The summed E-state index contributed by atoms with van der Waals surface area (Å²) in [5, 5.41) is 7.28. The number of pyridine rings is 1. The van der Waals surface area contributed by atoms with Crippen molar-refractivity contribution in [2.75, 3.05) is 25.1 Å². The standard InChI is InChI=1S/C24H34FN5O2/c1-15(26)27-24(31)19-12-16-8-9-17(25)13-21(16)29-23(19)30-11-10-20(22(14-30)32-2)28-18-6-4-3-5-7-18/h8-9,12-13,15,18,20,22,28H,3-7,10-11,14,26H2,1-2H3,(H,27,31)/t15?,20?,22-/m0/s1. The minimum Gasteiger partial charge on any atom is -0.378 e. The minimum absolute atomic E-state index is 0.0278. The number of aromatic nitrogens is 1. The lowest BCUT2D eigenvalue weighted by molar-refractivity contribution is 0.0533. The molecule has 8 heteroatoms. The number of piperidine rings is 1. The number of carbonyl (C=O) groups is 1. The SMILES string of the molecule is CO[C@H]1CN(c2nc3cc(F)ccc3cc2C(=O)NC(C)N)CCC1NC1CCCCC1. The molecule has 2 fully saturated rings. The molecule has 1 aliphatic carbocycles. The molecule has 4 rings (SSSR count). The quantitative estimate of drug-likeness (QED) is 0.595. The summed E-state index contributed by atoms with van der Waals surface area (Å²) in [6.45, 7) is 3.05. The van der Waals surface area contributed by atoms with E-state index in [0.29, 0.717) is 34.9 Å². The summed E-state index contributed by atoms with van der Waals surface area (Å²) in [7, 11) is 1.73. The number of rotatable bonds is 6. The first-order valence-corrected chi connectivity index (χ1v) is 11.6. The third-order valence-electron chi connectivity index (χ3n) is 6.58. The fourth-order valence-corrected chi connectivity index (χ4v) is 4.93. The number of benzene rings is 1. The summed E-state index contributed by atoms with van der Waals surface area (Å²) < 4.78 is 19.7. The maximum atomic E-state index is 13.9. The molecule has 3 atom stereocenters. The molecule has 2 aromatic rings. The van der Waals surface area contributed by atoms with Crippen LogP contribution in [0, 0.1) is 5.82 Å². The van der Waals surface area contributed by atoms with Gasteiger partial charge in [-0.15, -0.1) is 0 Å². The van der Waals surface area contributed by atoms with Crippen molar-refractivity contribution in [1.29, 1.82) is 0 Å². The van der Waals surface area contributed by atoms with Gasteiger partial charge in [0.1, 0.15) is 11.6 Å². The van der Waals surface area contributed by atoms with Crippen molar-refractivity contribution in [1.82, 2.24) is 15.6 Å². The van der Waals surface area contributed by atoms with E-state index in [0.717, 1.165) is 13.0 Å². The van der Waals surface area contributed by atoms with Gasteiger partial charge in [-0.2, -0.15) is 0 Å². The molecule has 7 nitrogen and oxygen atoms in total. The van der Waals surface area contributed by atoms with Gasteiger partial charge in [0.2, 0.25) is 0 Å². The smallest absolute Gasteiger partial charge is 0.256 e. The van der Waals surface area contributed by atoms with E-state index in [1.807, 2.05) is 0 Å². The van der Waals surface area contributed by atoms with Gasteiger partial charge in [0.05, 0.1) is 23.3 Å². The Kier molecular flexibility index (Phi) is 7.23. The molecule has 32 heavy (non-hydrogen) atoms. The van der Waals surface area contributed by atoms with Crippen LogP contribution in [0.25, 0.3) is 10.9 Å². The van der Waals surface area contributed by atoms with Crippen molar-refractivity contribution in [3.8, 4) is 0 Å². The van der Waals surface area contributed by atoms with Crippen LogP contribution < -0.4 is 21.3 Å². The molecule has 2 aliphatic rings. The average molecular weight is 444 g/mol. The van der Waals surface area contributed by atoms with Gasteiger partial charge in [-0.3, -0.25) is 4.79 Å². The van der Waals surface area contributed by atoms with E-state index < -0.39 is 6.17 Å². The Balaban J connectivity index is 1.60. The Morgan fingerprint density at radius 2 is 2.03 bits per heavy atom. The molecule has 2 heterocycles. The van der Waals surface area contributed by atoms with Crippen LogP contribution in [0.4, 0.5) is 10.2 Å². The number of hydrogen-bond donors (Lipinski definition) is 3. The third kappa shape index (κ3) is 5.19. The third-order valence-corrected chi connectivity index (χ3v) is 6.58. The first-order valence-electron chi connectivity index (χ1n) is 11.6. The average Bonchev–Trinajstić information content (AvgIpc) is 2.78. The van der Waals surface area contributed by atoms with Crippen LogP contribution in [-0.2, 0) is 4.74 Å². The lowest BCUT2D eigenvalue weighted by Crippen LogP contribution is -2.56. The van der Waals surface area contributed by atoms with E-state index >= 15 is 0 Å². The minimum atomic E-state index is -0.489. The second kappa shape index (κ2) is 10.1. The van der Waals surface area contributed by atoms with Crippen LogP contribution in [-0.4, -0.2) is 55.4 Å². The maximum absolute atomic E-state index is 13.9. The Bertz CT molecular complexity index is 947. The Morgan fingerprint density at radius 3 is 2.75 bits per heavy atom. The summed E-state index contributed by atoms with van der Waals surface area (Å²) in [5.74, 6) is -0.0987. The van der Waals surface area contributed by atoms with E-state index in [-0.39, 0.29) is 23.9 Å². The maximum Gasteiger partial charge on any atom is 0.256 e. The van der Waals surface area contributed by atoms with Crippen LogP contribution in [0.5, 0.6) is 0 Å². The molecular formula is C24H34FN5O2. The van der Waals surface area contributed by atoms with E-state index in [1.54, 1.807) is 26.2 Å². The zero-order valence-corrected chi connectivity index (χ0v) is 18.9. The fraction of sp³-hybridized carbons (Fsp3) is 0.583. The van der Waals surface area contributed by atoms with Crippen LogP contribution in [0.1, 0.15) is 55.8 Å². The number of nitrogens with two attached hydrogens (primary N) is 1. The van der Waals surface area contributed by atoms with Crippen molar-refractivity contribution >= 4 is 22.6 Å². The Labute approximate surface area is 188 Å². The van der Waals surface area contributed by atoms with Crippen molar-refractivity contribution < 1.29 is 13.9 Å². The second-order valence-corrected chi connectivity index (χ2v) is 9.08. The van der Waals surface area contributed by atoms with Gasteiger partial charge >= 0.3 is 0 Å². The molecule has 1 amide bonds. The second-order valence-electron chi connectivity index (χ2n) is 9.08. The molecule has 1 aromatic heterocycles. The molecule has 1 saturated carbocycles. The summed E-state index contributed by atoms with van der Waals surface area (Å²) >= 11 is 0. The molecule has 1 saturated heterocycles. The van der Waals surface area contributed by atoms with E-state index in [9.17, 15) is 9.18 Å². The number of nitrogens with zero attached hydrogens (tertiary/aromatic N) is 2. The number of halogens is 1. The van der Waals surface area contributed by atoms with Crippen molar-refractivity contribution in [2.45, 2.75) is 69.8 Å². The molecule has 0 spiro atoms. The molecule has 4 N–H and O–H groups in total. The number of nitrogens with one attached hydrogen (secondary N) is 2. The zero-order valence-electron chi connectivity index (χ0n) is 18.9.